The van der Waals surface area contributed by atoms with Crippen LogP contribution in [0.1, 0.15) is 24.3 Å². The number of carbonyl (C=O) groups is 6. The molecule has 1 aromatic carbocycles. The van der Waals surface area contributed by atoms with Crippen molar-refractivity contribution >= 4 is 47.3 Å². The molecule has 2 saturated heterocycles. The fourth-order valence-electron chi connectivity index (χ4n) is 6.14. The number of hydrogen-bond donors (Lipinski definition) is 3. The topological polar surface area (TPSA) is 181 Å². The molecular weight excluding hydrogens is 468 g/mol. The largest absolute Gasteiger partial charge is 0.508 e. The van der Waals surface area contributed by atoms with Crippen LogP contribution >= 0.6 is 11.6 Å². The predicted molar refractivity (Wildman–Crippen MR) is 113 cm³/mol. The van der Waals surface area contributed by atoms with Crippen LogP contribution in [0.15, 0.2) is 29.8 Å². The maximum atomic E-state index is 13.2. The first-order chi connectivity index (χ1) is 16.0. The third-order valence-electron chi connectivity index (χ3n) is 7.41. The molecule has 5 N–H and O–H groups in total. The highest BCUT2D eigenvalue weighted by Crippen LogP contribution is 2.58. The highest BCUT2D eigenvalue weighted by molar-refractivity contribution is 6.31. The average Bonchev–Trinajstić information content (AvgIpc) is 3.16. The number of phenolic OH excluding ortho intramolecular Hbond substituents is 1. The maximum Gasteiger partial charge on any atom is 0.328 e. The van der Waals surface area contributed by atoms with E-state index in [-0.39, 0.29) is 23.6 Å². The van der Waals surface area contributed by atoms with E-state index >= 15 is 0 Å². The number of likely N-dealkylation sites (tertiary alicyclic amines) is 2. The molecule has 0 aromatic heterocycles. The van der Waals surface area contributed by atoms with Crippen LogP contribution in [-0.4, -0.2) is 50.6 Å². The van der Waals surface area contributed by atoms with Crippen LogP contribution in [0.2, 0.25) is 5.02 Å². The van der Waals surface area contributed by atoms with E-state index in [2.05, 4.69) is 0 Å². The summed E-state index contributed by atoms with van der Waals surface area (Å²) >= 11 is 6.42. The summed E-state index contributed by atoms with van der Waals surface area (Å²) in [4.78, 5) is 76.6. The number of halogens is 1. The van der Waals surface area contributed by atoms with E-state index in [1.807, 2.05) is 0 Å². The molecule has 12 heteroatoms. The molecule has 11 nitrogen and oxygen atoms in total. The van der Waals surface area contributed by atoms with E-state index in [1.165, 1.54) is 18.2 Å². The van der Waals surface area contributed by atoms with Gasteiger partial charge in [0.25, 0.3) is 0 Å². The quantitative estimate of drug-likeness (QED) is 0.388. The van der Waals surface area contributed by atoms with Gasteiger partial charge in [0.1, 0.15) is 5.75 Å². The van der Waals surface area contributed by atoms with Gasteiger partial charge in [-0.25, -0.2) is 9.59 Å². The zero-order valence-electron chi connectivity index (χ0n) is 17.5. The molecule has 3 fully saturated rings. The molecule has 8 amide bonds. The zero-order valence-corrected chi connectivity index (χ0v) is 18.3. The number of nitrogens with zero attached hydrogens (tertiary/aromatic N) is 2. The van der Waals surface area contributed by atoms with Crippen LogP contribution in [0.3, 0.4) is 0 Å². The van der Waals surface area contributed by atoms with Gasteiger partial charge in [0, 0.05) is 10.9 Å². The second kappa shape index (κ2) is 7.39. The molecule has 5 rings (SSSR count). The van der Waals surface area contributed by atoms with Crippen LogP contribution in [0.4, 0.5) is 9.59 Å². The smallest absolute Gasteiger partial charge is 0.328 e. The molecule has 34 heavy (non-hydrogen) atoms. The van der Waals surface area contributed by atoms with Crippen molar-refractivity contribution in [1.82, 2.24) is 9.80 Å². The Bertz CT molecular complexity index is 1240. The Hall–Kier alpha value is -3.73. The summed E-state index contributed by atoms with van der Waals surface area (Å²) in [6, 6.07) is 1.79. The Morgan fingerprint density at radius 3 is 2.06 bits per heavy atom. The number of carbonyl (C=O) groups excluding carboxylic acids is 6. The molecule has 6 unspecified atom stereocenters. The summed E-state index contributed by atoms with van der Waals surface area (Å²) < 4.78 is 0. The predicted octanol–water partition coefficient (Wildman–Crippen LogP) is 0.839. The first-order valence-electron chi connectivity index (χ1n) is 10.6. The minimum Gasteiger partial charge on any atom is -0.508 e. The number of phenols is 1. The van der Waals surface area contributed by atoms with Gasteiger partial charge < -0.3 is 16.6 Å². The molecule has 2 aliphatic heterocycles. The third kappa shape index (κ3) is 2.82. The minimum atomic E-state index is -1.21. The normalized spacial score (nSPS) is 32.3. The van der Waals surface area contributed by atoms with Crippen LogP contribution < -0.4 is 11.5 Å². The molecule has 1 aromatic rings. The number of fused-ring (bicyclic) bond motifs is 4. The molecular formula is C22H19ClN4O7. The van der Waals surface area contributed by atoms with Crippen molar-refractivity contribution in [1.29, 1.82) is 0 Å². The van der Waals surface area contributed by atoms with Crippen LogP contribution in [0.5, 0.6) is 5.75 Å². The molecule has 176 valence electrons. The number of urea groups is 2. The summed E-state index contributed by atoms with van der Waals surface area (Å²) in [5, 5.41) is 9.93. The van der Waals surface area contributed by atoms with E-state index in [1.54, 1.807) is 6.08 Å². The summed E-state index contributed by atoms with van der Waals surface area (Å²) in [5.41, 5.74) is 11.6. The number of amides is 8. The molecule has 1 saturated carbocycles. The van der Waals surface area contributed by atoms with Gasteiger partial charge in [-0.05, 0) is 36.5 Å². The van der Waals surface area contributed by atoms with Gasteiger partial charge >= 0.3 is 12.1 Å². The number of imide groups is 6. The van der Waals surface area contributed by atoms with Gasteiger partial charge in [0.2, 0.25) is 23.6 Å². The van der Waals surface area contributed by atoms with Gasteiger partial charge in [-0.15, -0.1) is 0 Å². The van der Waals surface area contributed by atoms with Crippen LogP contribution in [-0.2, 0) is 19.2 Å². The number of primary amides is 2. The summed E-state index contributed by atoms with van der Waals surface area (Å²) in [6.45, 7) is 0. The van der Waals surface area contributed by atoms with Crippen molar-refractivity contribution in [2.24, 2.45) is 41.1 Å². The zero-order chi connectivity index (χ0) is 24.6. The summed E-state index contributed by atoms with van der Waals surface area (Å²) in [5.74, 6) is -8.42. The number of allylic oxidation sites excluding steroid dienone is 2. The van der Waals surface area contributed by atoms with Gasteiger partial charge in [-0.1, -0.05) is 29.3 Å². The van der Waals surface area contributed by atoms with Crippen molar-refractivity contribution in [2.75, 3.05) is 0 Å². The van der Waals surface area contributed by atoms with E-state index in [0.717, 1.165) is 0 Å². The Labute approximate surface area is 197 Å². The lowest BCUT2D eigenvalue weighted by molar-refractivity contribution is -0.138. The Balaban J connectivity index is 1.68. The SMILES string of the molecule is NC(=O)N1C(=O)C2CC=C3C(CC4C(=O)N(C(N)=O)C(=O)C4C3c3ccc(O)cc3Cl)C2C1=O. The Morgan fingerprint density at radius 2 is 1.47 bits per heavy atom. The second-order valence-electron chi connectivity index (χ2n) is 8.93. The van der Waals surface area contributed by atoms with Crippen molar-refractivity contribution in [3.63, 3.8) is 0 Å². The highest BCUT2D eigenvalue weighted by atomic mass is 35.5. The molecule has 2 aliphatic carbocycles. The highest BCUT2D eigenvalue weighted by Gasteiger charge is 2.63. The van der Waals surface area contributed by atoms with E-state index in [0.29, 0.717) is 20.9 Å². The first kappa shape index (κ1) is 22.1. The lowest BCUT2D eigenvalue weighted by Gasteiger charge is -2.44. The number of aromatic hydroxyl groups is 1. The molecule has 6 atom stereocenters. The van der Waals surface area contributed by atoms with Crippen LogP contribution in [0.25, 0.3) is 0 Å². The molecule has 2 heterocycles. The lowest BCUT2D eigenvalue weighted by atomic mass is 9.57. The van der Waals surface area contributed by atoms with Crippen LogP contribution in [0, 0.1) is 29.6 Å². The monoisotopic (exact) mass is 486 g/mol. The van der Waals surface area contributed by atoms with Crippen molar-refractivity contribution in [2.45, 2.75) is 18.8 Å². The second-order valence-corrected chi connectivity index (χ2v) is 9.34. The number of nitrogens with two attached hydrogens (primary N) is 2. The standard InChI is InChI=1S/C22H19ClN4O7/c23-13-5-7(28)1-2-9(13)14-8-3-4-10-15(19(31)26(17(10)29)21(24)33)11(8)6-12-16(14)20(32)27(18(12)30)22(25)34/h1-3,5,10-12,14-16,28H,4,6H2,(H2,24,33)(H2,25,34). The lowest BCUT2D eigenvalue weighted by Crippen LogP contribution is -2.44. The van der Waals surface area contributed by atoms with Gasteiger partial charge in [0.15, 0.2) is 0 Å². The number of benzene rings is 1. The van der Waals surface area contributed by atoms with Crippen molar-refractivity contribution in [3.8, 4) is 5.75 Å². The molecule has 4 aliphatic rings. The third-order valence-corrected chi connectivity index (χ3v) is 7.74. The fraction of sp³-hybridized carbons (Fsp3) is 0.364. The molecule has 0 bridgehead atoms. The minimum absolute atomic E-state index is 0.00381. The van der Waals surface area contributed by atoms with Gasteiger partial charge in [-0.3, -0.25) is 19.2 Å². The fourth-order valence-corrected chi connectivity index (χ4v) is 6.43. The summed E-state index contributed by atoms with van der Waals surface area (Å²) in [7, 11) is 0. The average molecular weight is 487 g/mol. The maximum absolute atomic E-state index is 13.2. The number of hydrogen-bond acceptors (Lipinski definition) is 7. The molecule has 0 spiro atoms. The number of rotatable bonds is 1. The van der Waals surface area contributed by atoms with Crippen molar-refractivity contribution in [3.05, 3.63) is 40.4 Å². The van der Waals surface area contributed by atoms with Gasteiger partial charge in [0.05, 0.1) is 23.7 Å². The van der Waals surface area contributed by atoms with Crippen molar-refractivity contribution < 1.29 is 33.9 Å². The van der Waals surface area contributed by atoms with Gasteiger partial charge in [-0.2, -0.15) is 9.80 Å². The first-order valence-corrected chi connectivity index (χ1v) is 10.9. The molecule has 0 radical (unpaired) electrons. The Kier molecular flexibility index (Phi) is 4.80. The van der Waals surface area contributed by atoms with E-state index in [9.17, 15) is 33.9 Å². The Morgan fingerprint density at radius 1 is 0.882 bits per heavy atom. The van der Waals surface area contributed by atoms with E-state index < -0.39 is 71.2 Å². The van der Waals surface area contributed by atoms with E-state index in [4.69, 9.17) is 23.1 Å². The summed E-state index contributed by atoms with van der Waals surface area (Å²) in [6.07, 6.45) is 1.86.